The first-order valence-corrected chi connectivity index (χ1v) is 8.85. The first-order valence-electron chi connectivity index (χ1n) is 8.85. The van der Waals surface area contributed by atoms with Gasteiger partial charge in [-0.05, 0) is 61.0 Å². The maximum Gasteiger partial charge on any atom is 0.00755 e. The summed E-state index contributed by atoms with van der Waals surface area (Å²) in [6.45, 7) is 5.64. The van der Waals surface area contributed by atoms with Crippen LogP contribution in [0.4, 0.5) is 0 Å². The topological polar surface area (TPSA) is 26.0 Å². The summed E-state index contributed by atoms with van der Waals surface area (Å²) >= 11 is 0. The summed E-state index contributed by atoms with van der Waals surface area (Å²) in [7, 11) is 0. The van der Waals surface area contributed by atoms with Gasteiger partial charge in [0.25, 0.3) is 0 Å². The first-order chi connectivity index (χ1) is 10.0. The van der Waals surface area contributed by atoms with Crippen molar-refractivity contribution < 1.29 is 0 Å². The number of benzene rings is 1. The average molecular weight is 285 g/mol. The van der Waals surface area contributed by atoms with Crippen molar-refractivity contribution >= 4 is 0 Å². The highest BCUT2D eigenvalue weighted by atomic mass is 14.6. The summed E-state index contributed by atoms with van der Waals surface area (Å²) in [4.78, 5) is 0. The molecule has 2 aliphatic carbocycles. The summed E-state index contributed by atoms with van der Waals surface area (Å²) in [5, 5.41) is 0. The quantitative estimate of drug-likeness (QED) is 0.817. The van der Waals surface area contributed by atoms with Gasteiger partial charge in [-0.3, -0.25) is 0 Å². The Morgan fingerprint density at radius 2 is 1.52 bits per heavy atom. The summed E-state index contributed by atoms with van der Waals surface area (Å²) in [6.07, 6.45) is 10.7. The highest BCUT2D eigenvalue weighted by Gasteiger charge is 2.34. The van der Waals surface area contributed by atoms with E-state index in [4.69, 9.17) is 5.73 Å². The lowest BCUT2D eigenvalue weighted by molar-refractivity contribution is 0.224. The molecule has 1 nitrogen and oxygen atoms in total. The van der Waals surface area contributed by atoms with E-state index >= 15 is 0 Å². The molecule has 0 bridgehead atoms. The fourth-order valence-electron chi connectivity index (χ4n) is 4.50. The number of nitrogens with two attached hydrogens (primary N) is 1. The summed E-state index contributed by atoms with van der Waals surface area (Å²) in [6, 6.07) is 9.56. The molecule has 0 spiro atoms. The Labute approximate surface area is 130 Å². The summed E-state index contributed by atoms with van der Waals surface area (Å²) in [5.41, 5.74) is 10.00. The third-order valence-electron chi connectivity index (χ3n) is 6.29. The van der Waals surface area contributed by atoms with Crippen molar-refractivity contribution in [2.45, 2.75) is 76.5 Å². The van der Waals surface area contributed by atoms with E-state index in [9.17, 15) is 0 Å². The fraction of sp³-hybridized carbons (Fsp3) is 0.700. The molecule has 0 heterocycles. The lowest BCUT2D eigenvalue weighted by Crippen LogP contribution is -2.32. The van der Waals surface area contributed by atoms with Gasteiger partial charge in [-0.1, -0.05) is 51.0 Å². The Hall–Kier alpha value is -0.820. The second-order valence-corrected chi connectivity index (χ2v) is 8.25. The molecule has 0 saturated heterocycles. The molecule has 2 fully saturated rings. The molecule has 2 aliphatic rings. The molecule has 2 N–H and O–H groups in total. The molecule has 2 saturated carbocycles. The van der Waals surface area contributed by atoms with E-state index in [1.54, 1.807) is 5.56 Å². The van der Waals surface area contributed by atoms with Crippen molar-refractivity contribution in [1.29, 1.82) is 0 Å². The van der Waals surface area contributed by atoms with Crippen LogP contribution in [0.3, 0.4) is 0 Å². The number of hydrogen-bond acceptors (Lipinski definition) is 1. The van der Waals surface area contributed by atoms with Crippen molar-refractivity contribution in [2.24, 2.45) is 11.1 Å². The minimum absolute atomic E-state index is 0.285. The van der Waals surface area contributed by atoms with E-state index < -0.39 is 0 Å². The molecule has 1 aromatic carbocycles. The predicted octanol–water partition coefficient (Wildman–Crippen LogP) is 5.14. The van der Waals surface area contributed by atoms with Crippen LogP contribution in [0.5, 0.6) is 0 Å². The average Bonchev–Trinajstić information content (AvgIpc) is 2.98. The van der Waals surface area contributed by atoms with E-state index in [1.807, 2.05) is 0 Å². The lowest BCUT2D eigenvalue weighted by Gasteiger charge is -2.35. The van der Waals surface area contributed by atoms with Crippen LogP contribution in [0.15, 0.2) is 24.3 Å². The van der Waals surface area contributed by atoms with Crippen LogP contribution in [0.25, 0.3) is 0 Å². The molecule has 1 aromatic rings. The SMILES string of the molecule is CC1(C)CCC(c2ccc(C3(CN)CCCC3)cc2)CC1. The molecule has 0 amide bonds. The summed E-state index contributed by atoms with van der Waals surface area (Å²) in [5.74, 6) is 0.782. The molecular formula is C20H31N. The normalized spacial score (nSPS) is 25.1. The fourth-order valence-corrected chi connectivity index (χ4v) is 4.50. The van der Waals surface area contributed by atoms with Crippen LogP contribution < -0.4 is 5.73 Å². The summed E-state index contributed by atoms with van der Waals surface area (Å²) < 4.78 is 0. The van der Waals surface area contributed by atoms with Crippen LogP contribution >= 0.6 is 0 Å². The van der Waals surface area contributed by atoms with Crippen LogP contribution in [0.1, 0.15) is 82.3 Å². The third-order valence-corrected chi connectivity index (χ3v) is 6.29. The molecule has 0 atom stereocenters. The standard InChI is InChI=1S/C20H31N/c1-19(2)13-9-17(10-14-19)16-5-7-18(8-6-16)20(15-21)11-3-4-12-20/h5-8,17H,3-4,9-15,21H2,1-2H3. The van der Waals surface area contributed by atoms with Gasteiger partial charge in [0.05, 0.1) is 0 Å². The molecule has 0 aliphatic heterocycles. The lowest BCUT2D eigenvalue weighted by atomic mass is 9.71. The minimum atomic E-state index is 0.285. The minimum Gasteiger partial charge on any atom is -0.330 e. The Morgan fingerprint density at radius 3 is 2.05 bits per heavy atom. The van der Waals surface area contributed by atoms with Crippen LogP contribution in [0, 0.1) is 5.41 Å². The smallest absolute Gasteiger partial charge is 0.00755 e. The molecular weight excluding hydrogens is 254 g/mol. The van der Waals surface area contributed by atoms with E-state index in [1.165, 1.54) is 56.9 Å². The second-order valence-electron chi connectivity index (χ2n) is 8.25. The maximum absolute atomic E-state index is 6.11. The zero-order chi connectivity index (χ0) is 14.9. The van der Waals surface area contributed by atoms with Gasteiger partial charge in [0, 0.05) is 12.0 Å². The van der Waals surface area contributed by atoms with Crippen LogP contribution in [-0.4, -0.2) is 6.54 Å². The Balaban J connectivity index is 1.73. The van der Waals surface area contributed by atoms with Gasteiger partial charge in [0.2, 0.25) is 0 Å². The van der Waals surface area contributed by atoms with Crippen molar-refractivity contribution in [3.63, 3.8) is 0 Å². The van der Waals surface area contributed by atoms with Gasteiger partial charge in [0.1, 0.15) is 0 Å². The highest BCUT2D eigenvalue weighted by molar-refractivity contribution is 5.32. The van der Waals surface area contributed by atoms with Gasteiger partial charge < -0.3 is 5.73 Å². The van der Waals surface area contributed by atoms with Gasteiger partial charge >= 0.3 is 0 Å². The molecule has 3 rings (SSSR count). The third kappa shape index (κ3) is 3.04. The van der Waals surface area contributed by atoms with Gasteiger partial charge in [-0.25, -0.2) is 0 Å². The molecule has 21 heavy (non-hydrogen) atoms. The van der Waals surface area contributed by atoms with Gasteiger partial charge in [-0.2, -0.15) is 0 Å². The molecule has 1 heteroatoms. The molecule has 0 unspecified atom stereocenters. The van der Waals surface area contributed by atoms with Crippen molar-refractivity contribution in [1.82, 2.24) is 0 Å². The monoisotopic (exact) mass is 285 g/mol. The van der Waals surface area contributed by atoms with Crippen molar-refractivity contribution in [2.75, 3.05) is 6.54 Å². The van der Waals surface area contributed by atoms with Gasteiger partial charge in [0.15, 0.2) is 0 Å². The Morgan fingerprint density at radius 1 is 0.952 bits per heavy atom. The Bertz CT molecular complexity index is 455. The van der Waals surface area contributed by atoms with E-state index in [0.717, 1.165) is 12.5 Å². The number of rotatable bonds is 3. The van der Waals surface area contributed by atoms with Crippen LogP contribution in [0.2, 0.25) is 0 Å². The highest BCUT2D eigenvalue weighted by Crippen LogP contribution is 2.44. The molecule has 0 radical (unpaired) electrons. The first kappa shape index (κ1) is 15.1. The largest absolute Gasteiger partial charge is 0.330 e. The Kier molecular flexibility index (Phi) is 4.14. The zero-order valence-electron chi connectivity index (χ0n) is 13.8. The second kappa shape index (κ2) is 5.76. The van der Waals surface area contributed by atoms with E-state index in [0.29, 0.717) is 5.41 Å². The van der Waals surface area contributed by atoms with Crippen LogP contribution in [-0.2, 0) is 5.41 Å². The predicted molar refractivity (Wildman–Crippen MR) is 90.6 cm³/mol. The van der Waals surface area contributed by atoms with Crippen molar-refractivity contribution in [3.05, 3.63) is 35.4 Å². The van der Waals surface area contributed by atoms with Gasteiger partial charge in [-0.15, -0.1) is 0 Å². The zero-order valence-corrected chi connectivity index (χ0v) is 13.8. The van der Waals surface area contributed by atoms with Crippen molar-refractivity contribution in [3.8, 4) is 0 Å². The number of hydrogen-bond donors (Lipinski definition) is 1. The maximum atomic E-state index is 6.11. The molecule has 0 aromatic heterocycles. The van der Waals surface area contributed by atoms with E-state index in [2.05, 4.69) is 38.1 Å². The van der Waals surface area contributed by atoms with E-state index in [-0.39, 0.29) is 5.41 Å². The molecule has 116 valence electrons.